The number of amides is 1. The summed E-state index contributed by atoms with van der Waals surface area (Å²) in [7, 11) is 0. The van der Waals surface area contributed by atoms with Gasteiger partial charge in [-0.05, 0) is 24.3 Å². The summed E-state index contributed by atoms with van der Waals surface area (Å²) in [5.41, 5.74) is 2.39. The van der Waals surface area contributed by atoms with Crippen molar-refractivity contribution in [1.82, 2.24) is 9.97 Å². The zero-order valence-electron chi connectivity index (χ0n) is 10.6. The number of nitrogens with one attached hydrogen (secondary N) is 2. The van der Waals surface area contributed by atoms with E-state index < -0.39 is 0 Å². The molecule has 5 heteroatoms. The molecule has 100 valence electrons. The molecule has 0 aliphatic heterocycles. The standard InChI is InChI=1S/C15H12ClN3O/c16-10-5-1-2-6-11(10)19-15(20)9-14-17-12-7-3-4-8-13(12)18-14/h1-8H,9H2,(H,17,18)(H,19,20). The smallest absolute Gasteiger partial charge is 0.232 e. The molecule has 0 radical (unpaired) electrons. The van der Waals surface area contributed by atoms with Gasteiger partial charge in [0.25, 0.3) is 0 Å². The lowest BCUT2D eigenvalue weighted by atomic mass is 10.3. The van der Waals surface area contributed by atoms with Gasteiger partial charge in [0.15, 0.2) is 0 Å². The van der Waals surface area contributed by atoms with Gasteiger partial charge in [0.2, 0.25) is 5.91 Å². The minimum absolute atomic E-state index is 0.155. The van der Waals surface area contributed by atoms with Crippen LogP contribution in [0.5, 0.6) is 0 Å². The van der Waals surface area contributed by atoms with Gasteiger partial charge < -0.3 is 10.3 Å². The maximum absolute atomic E-state index is 12.0. The molecule has 2 aromatic carbocycles. The van der Waals surface area contributed by atoms with E-state index in [0.717, 1.165) is 11.0 Å². The molecule has 1 heterocycles. The second-order valence-corrected chi connectivity index (χ2v) is 4.81. The number of para-hydroxylation sites is 3. The van der Waals surface area contributed by atoms with Gasteiger partial charge in [-0.3, -0.25) is 4.79 Å². The molecule has 0 bridgehead atoms. The Bertz CT molecular complexity index is 733. The SMILES string of the molecule is O=C(Cc1nc2ccccc2[nH]1)Nc1ccccc1Cl. The summed E-state index contributed by atoms with van der Waals surface area (Å²) in [6.07, 6.45) is 0.180. The molecule has 0 spiro atoms. The lowest BCUT2D eigenvalue weighted by molar-refractivity contribution is -0.115. The van der Waals surface area contributed by atoms with Crippen LogP contribution in [0.4, 0.5) is 5.69 Å². The fraction of sp³-hybridized carbons (Fsp3) is 0.0667. The van der Waals surface area contributed by atoms with Gasteiger partial charge in [-0.2, -0.15) is 0 Å². The van der Waals surface area contributed by atoms with Crippen LogP contribution in [0.15, 0.2) is 48.5 Å². The van der Waals surface area contributed by atoms with Gasteiger partial charge in [0, 0.05) is 0 Å². The number of hydrogen-bond acceptors (Lipinski definition) is 2. The van der Waals surface area contributed by atoms with E-state index in [1.165, 1.54) is 0 Å². The third-order valence-corrected chi connectivity index (χ3v) is 3.24. The molecule has 20 heavy (non-hydrogen) atoms. The highest BCUT2D eigenvalue weighted by molar-refractivity contribution is 6.33. The highest BCUT2D eigenvalue weighted by Crippen LogP contribution is 2.20. The van der Waals surface area contributed by atoms with Crippen molar-refractivity contribution < 1.29 is 4.79 Å². The Morgan fingerprint density at radius 2 is 1.90 bits per heavy atom. The Morgan fingerprint density at radius 3 is 2.70 bits per heavy atom. The number of H-pyrrole nitrogens is 1. The molecular weight excluding hydrogens is 274 g/mol. The fourth-order valence-corrected chi connectivity index (χ4v) is 2.18. The van der Waals surface area contributed by atoms with Crippen molar-refractivity contribution in [2.75, 3.05) is 5.32 Å². The Kier molecular flexibility index (Phi) is 3.39. The Morgan fingerprint density at radius 1 is 1.15 bits per heavy atom. The molecule has 0 atom stereocenters. The quantitative estimate of drug-likeness (QED) is 0.775. The predicted molar refractivity (Wildman–Crippen MR) is 79.9 cm³/mol. The number of aromatic amines is 1. The molecule has 0 fully saturated rings. The third-order valence-electron chi connectivity index (χ3n) is 2.91. The fourth-order valence-electron chi connectivity index (χ4n) is 2.00. The van der Waals surface area contributed by atoms with Crippen LogP contribution in [0.3, 0.4) is 0 Å². The first kappa shape index (κ1) is 12.7. The van der Waals surface area contributed by atoms with Crippen molar-refractivity contribution in [1.29, 1.82) is 0 Å². The summed E-state index contributed by atoms with van der Waals surface area (Å²) in [6, 6.07) is 14.8. The molecule has 2 N–H and O–H groups in total. The maximum Gasteiger partial charge on any atom is 0.232 e. The summed E-state index contributed by atoms with van der Waals surface area (Å²) in [6.45, 7) is 0. The Hall–Kier alpha value is -2.33. The number of anilines is 1. The van der Waals surface area contributed by atoms with Crippen LogP contribution < -0.4 is 5.32 Å². The van der Waals surface area contributed by atoms with E-state index in [-0.39, 0.29) is 12.3 Å². The number of halogens is 1. The highest BCUT2D eigenvalue weighted by atomic mass is 35.5. The van der Waals surface area contributed by atoms with Gasteiger partial charge in [0.1, 0.15) is 5.82 Å². The maximum atomic E-state index is 12.0. The first-order chi connectivity index (χ1) is 9.72. The monoisotopic (exact) mass is 285 g/mol. The number of carbonyl (C=O) groups excluding carboxylic acids is 1. The predicted octanol–water partition coefficient (Wildman–Crippen LogP) is 3.40. The van der Waals surface area contributed by atoms with Gasteiger partial charge >= 0.3 is 0 Å². The molecule has 0 unspecified atom stereocenters. The molecule has 1 amide bonds. The van der Waals surface area contributed by atoms with Crippen molar-refractivity contribution in [2.45, 2.75) is 6.42 Å². The summed E-state index contributed by atoms with van der Waals surface area (Å²) < 4.78 is 0. The molecule has 3 rings (SSSR count). The number of nitrogens with zero attached hydrogens (tertiary/aromatic N) is 1. The van der Waals surface area contributed by atoms with Crippen LogP contribution in [0.1, 0.15) is 5.82 Å². The number of aromatic nitrogens is 2. The molecule has 0 aliphatic carbocycles. The second-order valence-electron chi connectivity index (χ2n) is 4.41. The number of imidazole rings is 1. The van der Waals surface area contributed by atoms with Gasteiger partial charge in [0.05, 0.1) is 28.2 Å². The number of fused-ring (bicyclic) bond motifs is 1. The van der Waals surface area contributed by atoms with Crippen LogP contribution in [-0.2, 0) is 11.2 Å². The van der Waals surface area contributed by atoms with Crippen molar-refractivity contribution >= 4 is 34.2 Å². The van der Waals surface area contributed by atoms with Gasteiger partial charge in [-0.1, -0.05) is 35.9 Å². The molecule has 4 nitrogen and oxygen atoms in total. The zero-order chi connectivity index (χ0) is 13.9. The second kappa shape index (κ2) is 5.35. The van der Waals surface area contributed by atoms with E-state index in [4.69, 9.17) is 11.6 Å². The molecule has 3 aromatic rings. The largest absolute Gasteiger partial charge is 0.342 e. The summed E-state index contributed by atoms with van der Waals surface area (Å²) in [5, 5.41) is 3.29. The van der Waals surface area contributed by atoms with E-state index in [1.807, 2.05) is 36.4 Å². The van der Waals surface area contributed by atoms with Crippen molar-refractivity contribution in [3.8, 4) is 0 Å². The van der Waals surface area contributed by atoms with E-state index in [0.29, 0.717) is 16.5 Å². The van der Waals surface area contributed by atoms with Crippen LogP contribution in [0.25, 0.3) is 11.0 Å². The topological polar surface area (TPSA) is 57.8 Å². The zero-order valence-corrected chi connectivity index (χ0v) is 11.3. The molecule has 1 aromatic heterocycles. The molecule has 0 saturated carbocycles. The number of carbonyl (C=O) groups is 1. The lowest BCUT2D eigenvalue weighted by Crippen LogP contribution is -2.15. The first-order valence-electron chi connectivity index (χ1n) is 6.20. The van der Waals surface area contributed by atoms with E-state index in [1.54, 1.807) is 12.1 Å². The lowest BCUT2D eigenvalue weighted by Gasteiger charge is -2.05. The van der Waals surface area contributed by atoms with Crippen molar-refractivity contribution in [2.24, 2.45) is 0 Å². The highest BCUT2D eigenvalue weighted by Gasteiger charge is 2.09. The summed E-state index contributed by atoms with van der Waals surface area (Å²) >= 11 is 6.00. The average molecular weight is 286 g/mol. The molecule has 0 aliphatic rings. The van der Waals surface area contributed by atoms with E-state index in [2.05, 4.69) is 15.3 Å². The molecular formula is C15H12ClN3O. The van der Waals surface area contributed by atoms with Gasteiger partial charge in [-0.15, -0.1) is 0 Å². The average Bonchev–Trinajstić information content (AvgIpc) is 2.83. The normalized spacial score (nSPS) is 10.7. The third kappa shape index (κ3) is 2.65. The van der Waals surface area contributed by atoms with Crippen LogP contribution in [0.2, 0.25) is 5.02 Å². The van der Waals surface area contributed by atoms with Crippen LogP contribution in [-0.4, -0.2) is 15.9 Å². The van der Waals surface area contributed by atoms with Crippen LogP contribution in [0, 0.1) is 0 Å². The Balaban J connectivity index is 1.74. The van der Waals surface area contributed by atoms with Crippen LogP contribution >= 0.6 is 11.6 Å². The van der Waals surface area contributed by atoms with Gasteiger partial charge in [-0.25, -0.2) is 4.98 Å². The number of benzene rings is 2. The first-order valence-corrected chi connectivity index (χ1v) is 6.58. The number of hydrogen-bond donors (Lipinski definition) is 2. The van der Waals surface area contributed by atoms with E-state index in [9.17, 15) is 4.79 Å². The number of rotatable bonds is 3. The van der Waals surface area contributed by atoms with E-state index >= 15 is 0 Å². The summed E-state index contributed by atoms with van der Waals surface area (Å²) in [5.74, 6) is 0.480. The Labute approximate surface area is 120 Å². The minimum atomic E-state index is -0.155. The summed E-state index contributed by atoms with van der Waals surface area (Å²) in [4.78, 5) is 19.5. The minimum Gasteiger partial charge on any atom is -0.342 e. The van der Waals surface area contributed by atoms with Crippen molar-refractivity contribution in [3.63, 3.8) is 0 Å². The van der Waals surface area contributed by atoms with Crippen molar-refractivity contribution in [3.05, 3.63) is 59.4 Å². The molecule has 0 saturated heterocycles.